The largest absolute Gasteiger partial charge is 0.383 e. The quantitative estimate of drug-likeness (QED) is 0.491. The van der Waals surface area contributed by atoms with Crippen molar-refractivity contribution in [1.82, 2.24) is 15.0 Å². The summed E-state index contributed by atoms with van der Waals surface area (Å²) in [6.45, 7) is 1.27. The molecule has 0 radical (unpaired) electrons. The summed E-state index contributed by atoms with van der Waals surface area (Å²) < 4.78 is 11.5. The molecular formula is C20H19BrClN3O3. The normalized spacial score (nSPS) is 10.8. The van der Waals surface area contributed by atoms with E-state index < -0.39 is 0 Å². The molecule has 0 N–H and O–H groups in total. The molecule has 0 aliphatic rings. The third-order valence-electron chi connectivity index (χ3n) is 4.12. The molecule has 0 fully saturated rings. The Morgan fingerprint density at radius 3 is 2.64 bits per heavy atom. The van der Waals surface area contributed by atoms with Crippen molar-refractivity contribution >= 4 is 33.4 Å². The van der Waals surface area contributed by atoms with Crippen molar-refractivity contribution in [1.29, 1.82) is 0 Å². The highest BCUT2D eigenvalue weighted by Crippen LogP contribution is 2.20. The highest BCUT2D eigenvalue weighted by molar-refractivity contribution is 9.10. The van der Waals surface area contributed by atoms with Crippen LogP contribution in [0.3, 0.4) is 0 Å². The fourth-order valence-corrected chi connectivity index (χ4v) is 3.11. The molecule has 6 nitrogen and oxygen atoms in total. The number of ether oxygens (including phenoxy) is 1. The number of aromatic nitrogens is 2. The van der Waals surface area contributed by atoms with E-state index >= 15 is 0 Å². The van der Waals surface area contributed by atoms with Gasteiger partial charge in [0.15, 0.2) is 0 Å². The van der Waals surface area contributed by atoms with Gasteiger partial charge >= 0.3 is 0 Å². The average Bonchev–Trinajstić information content (AvgIpc) is 3.17. The molecule has 0 spiro atoms. The van der Waals surface area contributed by atoms with E-state index in [1.165, 1.54) is 0 Å². The summed E-state index contributed by atoms with van der Waals surface area (Å²) in [5.74, 6) is 0.825. The molecular weight excluding hydrogens is 446 g/mol. The van der Waals surface area contributed by atoms with Crippen molar-refractivity contribution in [3.63, 3.8) is 0 Å². The van der Waals surface area contributed by atoms with Crippen molar-refractivity contribution in [2.45, 2.75) is 6.42 Å². The molecule has 0 atom stereocenters. The molecule has 146 valence electrons. The van der Waals surface area contributed by atoms with Gasteiger partial charge in [0, 0.05) is 36.7 Å². The maximum Gasteiger partial charge on any atom is 0.255 e. The van der Waals surface area contributed by atoms with Crippen molar-refractivity contribution in [2.24, 2.45) is 0 Å². The van der Waals surface area contributed by atoms with Crippen LogP contribution in [0.25, 0.3) is 11.4 Å². The van der Waals surface area contributed by atoms with Crippen LogP contribution in [0, 0.1) is 0 Å². The Morgan fingerprint density at radius 1 is 1.18 bits per heavy atom. The van der Waals surface area contributed by atoms with E-state index in [0.29, 0.717) is 48.4 Å². The molecule has 0 aliphatic heterocycles. The van der Waals surface area contributed by atoms with Crippen LogP contribution in [0.15, 0.2) is 57.5 Å². The first-order valence-corrected chi connectivity index (χ1v) is 9.87. The molecule has 28 heavy (non-hydrogen) atoms. The van der Waals surface area contributed by atoms with Crippen LogP contribution in [0.4, 0.5) is 0 Å². The van der Waals surface area contributed by atoms with E-state index in [4.69, 9.17) is 20.9 Å². The predicted molar refractivity (Wildman–Crippen MR) is 110 cm³/mol. The smallest absolute Gasteiger partial charge is 0.255 e. The minimum Gasteiger partial charge on any atom is -0.383 e. The lowest BCUT2D eigenvalue weighted by molar-refractivity contribution is 0.0694. The van der Waals surface area contributed by atoms with Crippen LogP contribution in [0.2, 0.25) is 5.02 Å². The van der Waals surface area contributed by atoms with Gasteiger partial charge in [-0.3, -0.25) is 4.79 Å². The van der Waals surface area contributed by atoms with Crippen LogP contribution in [-0.4, -0.2) is 47.8 Å². The lowest BCUT2D eigenvalue weighted by Crippen LogP contribution is -2.35. The van der Waals surface area contributed by atoms with Crippen LogP contribution in [0.1, 0.15) is 16.2 Å². The Labute approximate surface area is 176 Å². The molecule has 0 saturated carbocycles. The first-order valence-electron chi connectivity index (χ1n) is 8.69. The zero-order chi connectivity index (χ0) is 19.9. The van der Waals surface area contributed by atoms with Crippen molar-refractivity contribution in [2.75, 3.05) is 26.8 Å². The summed E-state index contributed by atoms with van der Waals surface area (Å²) in [4.78, 5) is 19.0. The second-order valence-corrected chi connectivity index (χ2v) is 7.36. The van der Waals surface area contributed by atoms with Crippen LogP contribution in [-0.2, 0) is 11.2 Å². The molecule has 2 aromatic carbocycles. The third-order valence-corrected chi connectivity index (χ3v) is 4.98. The van der Waals surface area contributed by atoms with Gasteiger partial charge < -0.3 is 14.2 Å². The van der Waals surface area contributed by atoms with E-state index in [0.717, 1.165) is 10.0 Å². The minimum atomic E-state index is -0.157. The van der Waals surface area contributed by atoms with Gasteiger partial charge in [-0.1, -0.05) is 44.8 Å². The summed E-state index contributed by atoms with van der Waals surface area (Å²) in [5, 5.41) is 4.44. The zero-order valence-corrected chi connectivity index (χ0v) is 17.6. The van der Waals surface area contributed by atoms with Crippen molar-refractivity contribution in [3.8, 4) is 11.4 Å². The summed E-state index contributed by atoms with van der Waals surface area (Å²) in [5.41, 5.74) is 1.32. The first-order chi connectivity index (χ1) is 13.6. The molecule has 0 unspecified atom stereocenters. The fourth-order valence-electron chi connectivity index (χ4n) is 2.62. The number of hydrogen-bond acceptors (Lipinski definition) is 5. The number of carbonyl (C=O) groups excluding carboxylic acids is 1. The fraction of sp³-hybridized carbons (Fsp3) is 0.250. The van der Waals surface area contributed by atoms with Gasteiger partial charge in [0.25, 0.3) is 5.91 Å². The Morgan fingerprint density at radius 2 is 1.93 bits per heavy atom. The van der Waals surface area contributed by atoms with Crippen LogP contribution < -0.4 is 0 Å². The van der Waals surface area contributed by atoms with Crippen molar-refractivity contribution in [3.05, 3.63) is 69.5 Å². The summed E-state index contributed by atoms with van der Waals surface area (Å²) in [6, 6.07) is 14.6. The second-order valence-electron chi connectivity index (χ2n) is 6.03. The Kier molecular flexibility index (Phi) is 7.19. The van der Waals surface area contributed by atoms with Gasteiger partial charge in [0.05, 0.1) is 17.2 Å². The van der Waals surface area contributed by atoms with E-state index in [1.54, 1.807) is 36.3 Å². The van der Waals surface area contributed by atoms with E-state index in [2.05, 4.69) is 26.1 Å². The lowest BCUT2D eigenvalue weighted by atomic mass is 10.2. The van der Waals surface area contributed by atoms with Crippen molar-refractivity contribution < 1.29 is 14.1 Å². The molecule has 3 rings (SSSR count). The van der Waals surface area contributed by atoms with Gasteiger partial charge in [-0.05, 0) is 36.4 Å². The maximum atomic E-state index is 12.9. The number of nitrogens with zero attached hydrogens (tertiary/aromatic N) is 3. The standard InChI is InChI=1S/C20H19BrClN3O3/c1-27-13-12-25(20(26)16-4-2-3-5-17(16)22)11-10-18-23-19(24-28-18)14-6-8-15(21)9-7-14/h2-9H,10-13H2,1H3. The summed E-state index contributed by atoms with van der Waals surface area (Å²) in [7, 11) is 1.60. The minimum absolute atomic E-state index is 0.157. The Balaban J connectivity index is 1.69. The second kappa shape index (κ2) is 9.82. The molecule has 1 heterocycles. The number of rotatable bonds is 8. The molecule has 1 amide bonds. The van der Waals surface area contributed by atoms with E-state index in [-0.39, 0.29) is 5.91 Å². The number of carbonyl (C=O) groups is 1. The highest BCUT2D eigenvalue weighted by atomic mass is 79.9. The summed E-state index contributed by atoms with van der Waals surface area (Å²) in [6.07, 6.45) is 0.434. The average molecular weight is 465 g/mol. The maximum absolute atomic E-state index is 12.9. The van der Waals surface area contributed by atoms with Gasteiger partial charge in [-0.25, -0.2) is 0 Å². The SMILES string of the molecule is COCCN(CCc1nc(-c2ccc(Br)cc2)no1)C(=O)c1ccccc1Cl. The first kappa shape index (κ1) is 20.5. The Hall–Kier alpha value is -2.22. The van der Waals surface area contributed by atoms with E-state index in [9.17, 15) is 4.79 Å². The predicted octanol–water partition coefficient (Wildman–Crippen LogP) is 4.48. The number of amides is 1. The van der Waals surface area contributed by atoms with Crippen LogP contribution in [0.5, 0.6) is 0 Å². The van der Waals surface area contributed by atoms with Gasteiger partial charge in [-0.15, -0.1) is 0 Å². The third kappa shape index (κ3) is 5.19. The van der Waals surface area contributed by atoms with E-state index in [1.807, 2.05) is 24.3 Å². The van der Waals surface area contributed by atoms with Crippen LogP contribution >= 0.6 is 27.5 Å². The number of benzene rings is 2. The molecule has 0 saturated heterocycles. The molecule has 3 aromatic rings. The van der Waals surface area contributed by atoms with Gasteiger partial charge in [-0.2, -0.15) is 4.98 Å². The van der Waals surface area contributed by atoms with Gasteiger partial charge in [0.1, 0.15) is 0 Å². The zero-order valence-electron chi connectivity index (χ0n) is 15.3. The highest BCUT2D eigenvalue weighted by Gasteiger charge is 2.19. The number of hydrogen-bond donors (Lipinski definition) is 0. The topological polar surface area (TPSA) is 68.5 Å². The van der Waals surface area contributed by atoms with Gasteiger partial charge in [0.2, 0.25) is 11.7 Å². The monoisotopic (exact) mass is 463 g/mol. The Bertz CT molecular complexity index is 930. The molecule has 0 bridgehead atoms. The number of methoxy groups -OCH3 is 1. The lowest BCUT2D eigenvalue weighted by Gasteiger charge is -2.22. The number of halogens is 2. The molecule has 1 aromatic heterocycles. The molecule has 0 aliphatic carbocycles. The summed E-state index contributed by atoms with van der Waals surface area (Å²) >= 11 is 9.57. The molecule has 8 heteroatoms.